The fourth-order valence-electron chi connectivity index (χ4n) is 3.07. The summed E-state index contributed by atoms with van der Waals surface area (Å²) in [4.78, 5) is 30.7. The number of aromatic nitrogens is 2. The number of carbonyl (C=O) groups is 1. The summed E-state index contributed by atoms with van der Waals surface area (Å²) in [6, 6.07) is 9.26. The normalized spacial score (nSPS) is 17.5. The Morgan fingerprint density at radius 2 is 1.96 bits per heavy atom. The molecular weight excluding hydrogens is 338 g/mol. The van der Waals surface area contributed by atoms with Crippen LogP contribution in [0.3, 0.4) is 0 Å². The summed E-state index contributed by atoms with van der Waals surface area (Å²) in [5.74, 6) is 1.35. The van der Waals surface area contributed by atoms with Gasteiger partial charge >= 0.3 is 0 Å². The second-order valence-corrected chi connectivity index (χ2v) is 6.26. The number of aryl methyl sites for hydroxylation is 1. The topological polar surface area (TPSA) is 64.3 Å². The van der Waals surface area contributed by atoms with E-state index in [4.69, 9.17) is 0 Å². The lowest BCUT2D eigenvalue weighted by atomic mass is 10.0. The van der Waals surface area contributed by atoms with E-state index in [1.165, 1.54) is 0 Å². The molecule has 0 aliphatic carbocycles. The van der Waals surface area contributed by atoms with Crippen LogP contribution in [0.5, 0.6) is 0 Å². The minimum Gasteiger partial charge on any atom is -0.296 e. The molecule has 0 saturated heterocycles. The van der Waals surface area contributed by atoms with Gasteiger partial charge in [0, 0.05) is 30.6 Å². The number of rotatable bonds is 0. The van der Waals surface area contributed by atoms with Gasteiger partial charge in [-0.2, -0.15) is 0 Å². The molecule has 2 aromatic rings. The number of carbonyl (C=O) groups excluding carboxylic acids is 1. The third-order valence-corrected chi connectivity index (χ3v) is 4.30. The Kier molecular flexibility index (Phi) is 6.26. The largest absolute Gasteiger partial charge is 0.296 e. The summed E-state index contributed by atoms with van der Waals surface area (Å²) in [5, 5.41) is 1.86. The molecule has 5 nitrogen and oxygen atoms in total. The van der Waals surface area contributed by atoms with Gasteiger partial charge in [0.25, 0.3) is 5.56 Å². The smallest absolute Gasteiger partial charge is 0.253 e. The van der Waals surface area contributed by atoms with Crippen molar-refractivity contribution in [2.24, 2.45) is 4.99 Å². The van der Waals surface area contributed by atoms with Crippen molar-refractivity contribution in [2.45, 2.75) is 45.6 Å². The number of halogens is 1. The highest BCUT2D eigenvalue weighted by atomic mass is 35.5. The predicted molar refractivity (Wildman–Crippen MR) is 99.4 cm³/mol. The van der Waals surface area contributed by atoms with E-state index in [-0.39, 0.29) is 23.9 Å². The third kappa shape index (κ3) is 4.42. The molecule has 1 unspecified atom stereocenters. The van der Waals surface area contributed by atoms with Crippen molar-refractivity contribution in [1.82, 2.24) is 9.55 Å². The molecule has 0 N–H and O–H groups in total. The Morgan fingerprint density at radius 3 is 2.76 bits per heavy atom. The molecule has 25 heavy (non-hydrogen) atoms. The quantitative estimate of drug-likeness (QED) is 0.721. The Hall–Kier alpha value is -2.27. The van der Waals surface area contributed by atoms with Crippen LogP contribution in [0.4, 0.5) is 0 Å². The molecule has 0 saturated carbocycles. The van der Waals surface area contributed by atoms with E-state index in [2.05, 4.69) is 16.9 Å². The van der Waals surface area contributed by atoms with Crippen LogP contribution in [-0.4, -0.2) is 15.5 Å². The van der Waals surface area contributed by atoms with E-state index in [0.29, 0.717) is 12.3 Å². The second kappa shape index (κ2) is 8.21. The molecular formula is C19H22ClN3O2. The number of amides is 1. The molecule has 0 spiro atoms. The summed E-state index contributed by atoms with van der Waals surface area (Å²) in [5.41, 5.74) is 0.944. The van der Waals surface area contributed by atoms with Gasteiger partial charge in [0.1, 0.15) is 5.82 Å². The van der Waals surface area contributed by atoms with Crippen molar-refractivity contribution < 1.29 is 4.79 Å². The first-order chi connectivity index (χ1) is 11.5. The van der Waals surface area contributed by atoms with Crippen LogP contribution in [0.1, 0.15) is 43.6 Å². The van der Waals surface area contributed by atoms with Gasteiger partial charge in [0.15, 0.2) is 0 Å². The summed E-state index contributed by atoms with van der Waals surface area (Å²) in [7, 11) is 0. The summed E-state index contributed by atoms with van der Waals surface area (Å²) in [6.45, 7) is 4.85. The fourth-order valence-corrected chi connectivity index (χ4v) is 3.07. The predicted octanol–water partition coefficient (Wildman–Crippen LogP) is 1.89. The first-order valence-corrected chi connectivity index (χ1v) is 8.30. The molecule has 6 heteroatoms. The highest BCUT2D eigenvalue weighted by Crippen LogP contribution is 2.22. The van der Waals surface area contributed by atoms with E-state index in [0.717, 1.165) is 41.5 Å². The van der Waals surface area contributed by atoms with Crippen molar-refractivity contribution in [3.05, 3.63) is 62.8 Å². The van der Waals surface area contributed by atoms with Crippen molar-refractivity contribution in [3.63, 3.8) is 0 Å². The number of fused-ring (bicyclic) bond motifs is 2. The Bertz CT molecular complexity index is 950. The third-order valence-electron chi connectivity index (χ3n) is 4.30. The zero-order valence-corrected chi connectivity index (χ0v) is 15.3. The lowest BCUT2D eigenvalue weighted by Crippen LogP contribution is -2.29. The number of nitrogens with zero attached hydrogens (tertiary/aromatic N) is 3. The van der Waals surface area contributed by atoms with Crippen molar-refractivity contribution in [3.8, 4) is 0 Å². The summed E-state index contributed by atoms with van der Waals surface area (Å²) >= 11 is 0. The lowest BCUT2D eigenvalue weighted by Gasteiger charge is -2.22. The van der Waals surface area contributed by atoms with Crippen molar-refractivity contribution in [2.75, 3.05) is 0 Å². The van der Waals surface area contributed by atoms with Gasteiger partial charge in [-0.3, -0.25) is 14.2 Å². The molecule has 0 fully saturated rings. The molecule has 1 aromatic heterocycles. The minimum absolute atomic E-state index is 0. The summed E-state index contributed by atoms with van der Waals surface area (Å²) in [6.07, 6.45) is 4.59. The van der Waals surface area contributed by atoms with Gasteiger partial charge in [-0.1, -0.05) is 31.2 Å². The van der Waals surface area contributed by atoms with Crippen LogP contribution in [0.25, 0.3) is 6.08 Å². The van der Waals surface area contributed by atoms with Gasteiger partial charge in [0.2, 0.25) is 5.91 Å². The van der Waals surface area contributed by atoms with E-state index in [9.17, 15) is 9.59 Å². The molecule has 132 valence electrons. The lowest BCUT2D eigenvalue weighted by molar-refractivity contribution is -0.117. The van der Waals surface area contributed by atoms with Crippen LogP contribution < -0.4 is 16.1 Å². The van der Waals surface area contributed by atoms with Gasteiger partial charge < -0.3 is 0 Å². The second-order valence-electron chi connectivity index (χ2n) is 6.26. The van der Waals surface area contributed by atoms with Crippen molar-refractivity contribution >= 4 is 24.4 Å². The van der Waals surface area contributed by atoms with Gasteiger partial charge in [-0.25, -0.2) is 9.98 Å². The standard InChI is InChI=1S/C10H14N2O.C9H7NO.ClH/c1-7-4-3-5-12-9(13)6-8(2)11-10(7)12;11-9-6-5-7-3-1-2-4-8(7)10-9;/h6-7H,3-5H2,1-2H3;1-5H,6H2;1H. The van der Waals surface area contributed by atoms with Crippen LogP contribution in [0.15, 0.2) is 40.1 Å². The van der Waals surface area contributed by atoms with E-state index in [1.54, 1.807) is 10.6 Å². The Balaban J connectivity index is 0.000000175. The zero-order chi connectivity index (χ0) is 17.1. The monoisotopic (exact) mass is 359 g/mol. The van der Waals surface area contributed by atoms with Crippen LogP contribution in [-0.2, 0) is 11.3 Å². The van der Waals surface area contributed by atoms with Gasteiger partial charge in [-0.05, 0) is 31.1 Å². The van der Waals surface area contributed by atoms with Crippen LogP contribution in [0, 0.1) is 6.92 Å². The SMILES string of the molecule is Cc1cc(=O)n2c(n1)C(C)CCC2.Cl.O=C1CC=c2ccccc2=N1. The maximum atomic E-state index is 11.6. The van der Waals surface area contributed by atoms with E-state index >= 15 is 0 Å². The molecule has 4 rings (SSSR count). The van der Waals surface area contributed by atoms with E-state index < -0.39 is 0 Å². The first kappa shape index (κ1) is 19.1. The maximum absolute atomic E-state index is 11.6. The molecule has 1 aromatic carbocycles. The average molecular weight is 360 g/mol. The molecule has 2 aliphatic rings. The number of hydrogen-bond acceptors (Lipinski definition) is 3. The van der Waals surface area contributed by atoms with Gasteiger partial charge in [0.05, 0.1) is 5.36 Å². The molecule has 3 heterocycles. The van der Waals surface area contributed by atoms with Gasteiger partial charge in [-0.15, -0.1) is 12.4 Å². The minimum atomic E-state index is -0.0521. The zero-order valence-electron chi connectivity index (χ0n) is 14.4. The number of benzene rings is 1. The average Bonchev–Trinajstić information content (AvgIpc) is 2.56. The van der Waals surface area contributed by atoms with Crippen LogP contribution >= 0.6 is 12.4 Å². The Labute approximate surface area is 152 Å². The van der Waals surface area contributed by atoms with Crippen molar-refractivity contribution in [1.29, 1.82) is 0 Å². The highest BCUT2D eigenvalue weighted by molar-refractivity contribution is 5.85. The molecule has 0 radical (unpaired) electrons. The molecule has 1 amide bonds. The number of hydrogen-bond donors (Lipinski definition) is 0. The number of para-hydroxylation sites is 1. The van der Waals surface area contributed by atoms with E-state index in [1.807, 2.05) is 37.3 Å². The molecule has 2 aliphatic heterocycles. The molecule has 1 atom stereocenters. The summed E-state index contributed by atoms with van der Waals surface area (Å²) < 4.78 is 1.81. The molecule has 0 bridgehead atoms. The van der Waals surface area contributed by atoms with Crippen LogP contribution in [0.2, 0.25) is 0 Å². The highest BCUT2D eigenvalue weighted by Gasteiger charge is 2.18. The fraction of sp³-hybridized carbons (Fsp3) is 0.368. The first-order valence-electron chi connectivity index (χ1n) is 8.30. The Morgan fingerprint density at radius 1 is 1.20 bits per heavy atom. The maximum Gasteiger partial charge on any atom is 0.253 e.